The summed E-state index contributed by atoms with van der Waals surface area (Å²) in [4.78, 5) is 59.8. The van der Waals surface area contributed by atoms with Gasteiger partial charge >= 0.3 is 0 Å². The number of benzene rings is 6. The van der Waals surface area contributed by atoms with Crippen molar-refractivity contribution in [2.75, 3.05) is 46.6 Å². The first-order valence-electron chi connectivity index (χ1n) is 21.9. The van der Waals surface area contributed by atoms with Crippen molar-refractivity contribution >= 4 is 46.4 Å². The highest BCUT2D eigenvalue weighted by molar-refractivity contribution is 6.03. The SMILES string of the molecule is Cc1c(NC(=O)[C@@H](Cc2ccccc2)NC(=O)c2ccccc2)cccc1N1CCC(c2cccc(C(=O)NC(Cc3ccccc3)C(=O)Nc3ccccc3N3CCCC3)c2)C1. The van der Waals surface area contributed by atoms with Gasteiger partial charge in [-0.25, -0.2) is 0 Å². The summed E-state index contributed by atoms with van der Waals surface area (Å²) in [6.45, 7) is 5.42. The van der Waals surface area contributed by atoms with E-state index in [-0.39, 0.29) is 29.5 Å². The van der Waals surface area contributed by atoms with Crippen LogP contribution in [-0.4, -0.2) is 61.9 Å². The lowest BCUT2D eigenvalue weighted by atomic mass is 9.96. The largest absolute Gasteiger partial charge is 0.371 e. The number of anilines is 4. The zero-order chi connectivity index (χ0) is 43.5. The summed E-state index contributed by atoms with van der Waals surface area (Å²) >= 11 is 0. The normalized spacial score (nSPS) is 15.6. The molecule has 320 valence electrons. The van der Waals surface area contributed by atoms with Crippen LogP contribution in [0.5, 0.6) is 0 Å². The Labute approximate surface area is 369 Å². The van der Waals surface area contributed by atoms with Gasteiger partial charge in [-0.1, -0.05) is 109 Å². The molecule has 10 heteroatoms. The Bertz CT molecular complexity index is 2530. The van der Waals surface area contributed by atoms with Crippen LogP contribution in [0.2, 0.25) is 0 Å². The molecule has 8 rings (SSSR count). The molecule has 0 bridgehead atoms. The smallest absolute Gasteiger partial charge is 0.251 e. The molecule has 6 aromatic carbocycles. The van der Waals surface area contributed by atoms with Crippen molar-refractivity contribution in [2.24, 2.45) is 0 Å². The standard InChI is InChI=1S/C53H54N6O4/c1-37-44(54-52(62)46(33-38-17-5-2-6-18-38)56-50(60)40-21-9-4-10-22-40)26-16-28-48(37)59-32-29-43(36-59)41-23-15-24-42(35-41)51(61)57-47(34-39-19-7-3-8-20-39)53(63)55-45-25-11-12-27-49(45)58-30-13-14-31-58/h2-12,15-28,35,43,46-47H,13-14,29-34,36H2,1H3,(H,54,62)(H,55,63)(H,56,60)(H,57,61)/t43?,46-,47?/m1/s1. The lowest BCUT2D eigenvalue weighted by Gasteiger charge is -2.24. The molecule has 2 aliphatic heterocycles. The molecule has 2 heterocycles. The van der Waals surface area contributed by atoms with E-state index in [1.807, 2.05) is 122 Å². The van der Waals surface area contributed by atoms with Crippen LogP contribution in [0.1, 0.15) is 68.2 Å². The van der Waals surface area contributed by atoms with Crippen LogP contribution in [0.4, 0.5) is 22.7 Å². The molecule has 3 atom stereocenters. The third-order valence-corrected chi connectivity index (χ3v) is 12.2. The molecular formula is C53H54N6O4. The number of para-hydroxylation sites is 2. The molecule has 2 saturated heterocycles. The maximum Gasteiger partial charge on any atom is 0.251 e. The van der Waals surface area contributed by atoms with Gasteiger partial charge in [-0.05, 0) is 97.0 Å². The van der Waals surface area contributed by atoms with Crippen molar-refractivity contribution in [3.8, 4) is 0 Å². The number of rotatable bonds is 15. The van der Waals surface area contributed by atoms with Crippen LogP contribution in [0.3, 0.4) is 0 Å². The highest BCUT2D eigenvalue weighted by atomic mass is 16.2. The van der Waals surface area contributed by atoms with Gasteiger partial charge in [-0.3, -0.25) is 19.2 Å². The summed E-state index contributed by atoms with van der Waals surface area (Å²) in [6.07, 6.45) is 3.80. The molecule has 6 aromatic rings. The zero-order valence-corrected chi connectivity index (χ0v) is 35.6. The van der Waals surface area contributed by atoms with Crippen molar-refractivity contribution < 1.29 is 19.2 Å². The monoisotopic (exact) mass is 838 g/mol. The highest BCUT2D eigenvalue weighted by Crippen LogP contribution is 2.35. The maximum absolute atomic E-state index is 14.0. The summed E-state index contributed by atoms with van der Waals surface area (Å²) in [7, 11) is 0. The van der Waals surface area contributed by atoms with Crippen molar-refractivity contribution in [1.29, 1.82) is 0 Å². The van der Waals surface area contributed by atoms with E-state index in [2.05, 4.69) is 43.2 Å². The molecule has 4 N–H and O–H groups in total. The Morgan fingerprint density at radius 1 is 0.540 bits per heavy atom. The summed E-state index contributed by atoms with van der Waals surface area (Å²) in [5.41, 5.74) is 8.29. The van der Waals surface area contributed by atoms with Gasteiger partial charge in [0.15, 0.2) is 0 Å². The minimum absolute atomic E-state index is 0.157. The average Bonchev–Trinajstić information content (AvgIpc) is 4.05. The Kier molecular flexibility index (Phi) is 13.6. The summed E-state index contributed by atoms with van der Waals surface area (Å²) in [5, 5.41) is 12.3. The second-order valence-electron chi connectivity index (χ2n) is 16.5. The minimum Gasteiger partial charge on any atom is -0.371 e. The highest BCUT2D eigenvalue weighted by Gasteiger charge is 2.29. The van der Waals surface area contributed by atoms with E-state index >= 15 is 0 Å². The first-order chi connectivity index (χ1) is 30.8. The minimum atomic E-state index is -0.804. The van der Waals surface area contributed by atoms with Gasteiger partial charge in [-0.15, -0.1) is 0 Å². The number of nitrogens with one attached hydrogen (secondary N) is 4. The van der Waals surface area contributed by atoms with Gasteiger partial charge in [0.25, 0.3) is 11.8 Å². The number of nitrogens with zero attached hydrogens (tertiary/aromatic N) is 2. The van der Waals surface area contributed by atoms with E-state index in [0.717, 1.165) is 84.8 Å². The second kappa shape index (κ2) is 20.1. The Balaban J connectivity index is 0.942. The van der Waals surface area contributed by atoms with Gasteiger partial charge in [0.1, 0.15) is 12.1 Å². The summed E-state index contributed by atoms with van der Waals surface area (Å²) in [6, 6.07) is 48.2. The second-order valence-corrected chi connectivity index (χ2v) is 16.5. The van der Waals surface area contributed by atoms with Crippen LogP contribution in [0, 0.1) is 6.92 Å². The molecule has 2 aliphatic rings. The molecule has 0 radical (unpaired) electrons. The van der Waals surface area contributed by atoms with E-state index in [4.69, 9.17) is 0 Å². The quantitative estimate of drug-likeness (QED) is 0.0823. The van der Waals surface area contributed by atoms with Crippen LogP contribution in [0.25, 0.3) is 0 Å². The van der Waals surface area contributed by atoms with E-state index in [0.29, 0.717) is 29.7 Å². The molecule has 10 nitrogen and oxygen atoms in total. The number of carbonyl (C=O) groups excluding carboxylic acids is 4. The molecule has 0 aliphatic carbocycles. The maximum atomic E-state index is 14.0. The third kappa shape index (κ3) is 10.6. The van der Waals surface area contributed by atoms with Crippen LogP contribution in [-0.2, 0) is 22.4 Å². The summed E-state index contributed by atoms with van der Waals surface area (Å²) in [5.74, 6) is -1.02. The topological polar surface area (TPSA) is 123 Å². The first-order valence-corrected chi connectivity index (χ1v) is 21.9. The van der Waals surface area contributed by atoms with Crippen molar-refractivity contribution in [1.82, 2.24) is 10.6 Å². The third-order valence-electron chi connectivity index (χ3n) is 12.2. The van der Waals surface area contributed by atoms with Gasteiger partial charge in [-0.2, -0.15) is 0 Å². The van der Waals surface area contributed by atoms with Gasteiger partial charge in [0.05, 0.1) is 11.4 Å². The number of hydrogen-bond acceptors (Lipinski definition) is 6. The van der Waals surface area contributed by atoms with Crippen molar-refractivity contribution in [2.45, 2.75) is 57.0 Å². The molecule has 0 saturated carbocycles. The Morgan fingerprint density at radius 3 is 1.70 bits per heavy atom. The van der Waals surface area contributed by atoms with Crippen LogP contribution >= 0.6 is 0 Å². The van der Waals surface area contributed by atoms with E-state index in [1.165, 1.54) is 0 Å². The predicted molar refractivity (Wildman–Crippen MR) is 252 cm³/mol. The number of carbonyl (C=O) groups is 4. The van der Waals surface area contributed by atoms with E-state index in [1.54, 1.807) is 30.3 Å². The van der Waals surface area contributed by atoms with Crippen LogP contribution < -0.4 is 31.1 Å². The fourth-order valence-electron chi connectivity index (χ4n) is 8.73. The molecule has 0 aromatic heterocycles. The zero-order valence-electron chi connectivity index (χ0n) is 35.6. The van der Waals surface area contributed by atoms with Gasteiger partial charge in [0, 0.05) is 67.4 Å². The predicted octanol–water partition coefficient (Wildman–Crippen LogP) is 8.55. The Morgan fingerprint density at radius 2 is 1.05 bits per heavy atom. The summed E-state index contributed by atoms with van der Waals surface area (Å²) < 4.78 is 0. The number of amides is 4. The molecule has 2 unspecified atom stereocenters. The van der Waals surface area contributed by atoms with Gasteiger partial charge < -0.3 is 31.1 Å². The van der Waals surface area contributed by atoms with Crippen molar-refractivity contribution in [3.05, 3.63) is 191 Å². The van der Waals surface area contributed by atoms with Gasteiger partial charge in [0.2, 0.25) is 11.8 Å². The molecule has 0 spiro atoms. The Hall–Kier alpha value is -7.20. The lowest BCUT2D eigenvalue weighted by molar-refractivity contribution is -0.118. The van der Waals surface area contributed by atoms with E-state index < -0.39 is 12.1 Å². The lowest BCUT2D eigenvalue weighted by Crippen LogP contribution is -2.45. The average molecular weight is 839 g/mol. The fraction of sp³-hybridized carbons (Fsp3) is 0.245. The number of hydrogen-bond donors (Lipinski definition) is 4. The molecule has 2 fully saturated rings. The van der Waals surface area contributed by atoms with Crippen molar-refractivity contribution in [3.63, 3.8) is 0 Å². The fourth-order valence-corrected chi connectivity index (χ4v) is 8.73. The van der Waals surface area contributed by atoms with Crippen LogP contribution in [0.15, 0.2) is 158 Å². The molecule has 4 amide bonds. The molecule has 63 heavy (non-hydrogen) atoms. The molecular weight excluding hydrogens is 785 g/mol. The van der Waals surface area contributed by atoms with E-state index in [9.17, 15) is 19.2 Å². The first kappa shape index (κ1) is 42.5.